The van der Waals surface area contributed by atoms with Gasteiger partial charge in [0.05, 0.1) is 0 Å². The highest BCUT2D eigenvalue weighted by Gasteiger charge is 2.40. The Morgan fingerprint density at radius 2 is 2.11 bits per heavy atom. The Balaban J connectivity index is 2.09. The lowest BCUT2D eigenvalue weighted by Gasteiger charge is -2.45. The van der Waals surface area contributed by atoms with Crippen LogP contribution in [0.4, 0.5) is 4.39 Å². The SMILES string of the molecule is CCCCC(CC)CC1(c2cccc(F)c2)CNC1. The van der Waals surface area contributed by atoms with Gasteiger partial charge >= 0.3 is 0 Å². The molecule has 0 spiro atoms. The molecule has 1 atom stereocenters. The van der Waals surface area contributed by atoms with Crippen LogP contribution in [0.1, 0.15) is 51.5 Å². The summed E-state index contributed by atoms with van der Waals surface area (Å²) in [6.45, 7) is 6.53. The summed E-state index contributed by atoms with van der Waals surface area (Å²) >= 11 is 0. The van der Waals surface area contributed by atoms with Crippen LogP contribution in [-0.2, 0) is 5.41 Å². The van der Waals surface area contributed by atoms with Gasteiger partial charge in [-0.25, -0.2) is 4.39 Å². The van der Waals surface area contributed by atoms with E-state index in [1.54, 1.807) is 6.07 Å². The number of hydrogen-bond acceptors (Lipinski definition) is 1. The third-order valence-electron chi connectivity index (χ3n) is 4.59. The van der Waals surface area contributed by atoms with Crippen molar-refractivity contribution in [2.45, 2.75) is 51.4 Å². The standard InChI is InChI=1S/C17H26FN/c1-3-5-7-14(4-2)11-17(12-19-13-17)15-8-6-9-16(18)10-15/h6,8-10,14,19H,3-5,7,11-13H2,1-2H3. The Morgan fingerprint density at radius 1 is 1.32 bits per heavy atom. The van der Waals surface area contributed by atoms with E-state index >= 15 is 0 Å². The van der Waals surface area contributed by atoms with Crippen LogP contribution in [0, 0.1) is 11.7 Å². The molecular weight excluding hydrogens is 237 g/mol. The van der Waals surface area contributed by atoms with Crippen LogP contribution in [0.15, 0.2) is 24.3 Å². The molecule has 1 aliphatic heterocycles. The van der Waals surface area contributed by atoms with Crippen LogP contribution >= 0.6 is 0 Å². The fourth-order valence-corrected chi connectivity index (χ4v) is 3.21. The molecule has 0 radical (unpaired) electrons. The molecule has 0 bridgehead atoms. The second kappa shape index (κ2) is 6.51. The maximum atomic E-state index is 13.5. The van der Waals surface area contributed by atoms with Crippen molar-refractivity contribution < 1.29 is 4.39 Å². The molecule has 0 aliphatic carbocycles. The van der Waals surface area contributed by atoms with Crippen LogP contribution in [0.2, 0.25) is 0 Å². The highest BCUT2D eigenvalue weighted by Crippen LogP contribution is 2.37. The Morgan fingerprint density at radius 3 is 2.63 bits per heavy atom. The molecule has 0 amide bonds. The zero-order chi connectivity index (χ0) is 13.7. The first kappa shape index (κ1) is 14.5. The molecule has 19 heavy (non-hydrogen) atoms. The Kier molecular flexibility index (Phi) is 4.98. The average molecular weight is 263 g/mol. The van der Waals surface area contributed by atoms with E-state index in [0.29, 0.717) is 0 Å². The van der Waals surface area contributed by atoms with Crippen molar-refractivity contribution in [1.29, 1.82) is 0 Å². The third-order valence-corrected chi connectivity index (χ3v) is 4.59. The van der Waals surface area contributed by atoms with Gasteiger partial charge in [0.25, 0.3) is 0 Å². The maximum absolute atomic E-state index is 13.5. The smallest absolute Gasteiger partial charge is 0.123 e. The molecule has 1 heterocycles. The van der Waals surface area contributed by atoms with E-state index in [-0.39, 0.29) is 11.2 Å². The first-order chi connectivity index (χ1) is 9.20. The highest BCUT2D eigenvalue weighted by atomic mass is 19.1. The largest absolute Gasteiger partial charge is 0.315 e. The van der Waals surface area contributed by atoms with Crippen LogP contribution in [0.3, 0.4) is 0 Å². The van der Waals surface area contributed by atoms with Crippen LogP contribution in [0.5, 0.6) is 0 Å². The molecule has 1 nitrogen and oxygen atoms in total. The van der Waals surface area contributed by atoms with Crippen LogP contribution in [0.25, 0.3) is 0 Å². The van der Waals surface area contributed by atoms with E-state index in [1.165, 1.54) is 43.7 Å². The van der Waals surface area contributed by atoms with Gasteiger partial charge in [-0.3, -0.25) is 0 Å². The molecule has 0 aromatic heterocycles. The van der Waals surface area contributed by atoms with Crippen molar-refractivity contribution >= 4 is 0 Å². The van der Waals surface area contributed by atoms with Gasteiger partial charge in [-0.15, -0.1) is 0 Å². The van der Waals surface area contributed by atoms with Crippen molar-refractivity contribution in [3.8, 4) is 0 Å². The summed E-state index contributed by atoms with van der Waals surface area (Å²) in [4.78, 5) is 0. The third kappa shape index (κ3) is 3.36. The van der Waals surface area contributed by atoms with E-state index in [9.17, 15) is 4.39 Å². The molecule has 106 valence electrons. The minimum Gasteiger partial charge on any atom is -0.315 e. The number of hydrogen-bond donors (Lipinski definition) is 1. The van der Waals surface area contributed by atoms with Crippen molar-refractivity contribution in [3.63, 3.8) is 0 Å². The molecule has 1 aliphatic rings. The van der Waals surface area contributed by atoms with Crippen molar-refractivity contribution in [3.05, 3.63) is 35.6 Å². The fraction of sp³-hybridized carbons (Fsp3) is 0.647. The summed E-state index contributed by atoms with van der Waals surface area (Å²) in [6, 6.07) is 7.21. The van der Waals surface area contributed by atoms with E-state index in [1.807, 2.05) is 6.07 Å². The Bertz CT molecular complexity index is 398. The van der Waals surface area contributed by atoms with Gasteiger partial charge in [0.1, 0.15) is 5.82 Å². The molecule has 1 aromatic carbocycles. The first-order valence-corrected chi connectivity index (χ1v) is 7.67. The van der Waals surface area contributed by atoms with Gasteiger partial charge in [-0.2, -0.15) is 0 Å². The minimum absolute atomic E-state index is 0.106. The molecule has 1 aromatic rings. The molecule has 2 heteroatoms. The van der Waals surface area contributed by atoms with Gasteiger partial charge in [-0.05, 0) is 30.0 Å². The van der Waals surface area contributed by atoms with E-state index in [0.717, 1.165) is 19.0 Å². The lowest BCUT2D eigenvalue weighted by molar-refractivity contribution is 0.206. The van der Waals surface area contributed by atoms with Crippen LogP contribution in [-0.4, -0.2) is 13.1 Å². The molecule has 0 saturated carbocycles. The predicted molar refractivity (Wildman–Crippen MR) is 78.9 cm³/mol. The quantitative estimate of drug-likeness (QED) is 0.774. The van der Waals surface area contributed by atoms with Crippen LogP contribution < -0.4 is 5.32 Å². The lowest BCUT2D eigenvalue weighted by atomic mass is 9.68. The Labute approximate surface area is 116 Å². The van der Waals surface area contributed by atoms with E-state index < -0.39 is 0 Å². The topological polar surface area (TPSA) is 12.0 Å². The minimum atomic E-state index is -0.106. The van der Waals surface area contributed by atoms with Gasteiger partial charge < -0.3 is 5.32 Å². The van der Waals surface area contributed by atoms with Gasteiger partial charge in [0, 0.05) is 18.5 Å². The molecule has 1 fully saturated rings. The summed E-state index contributed by atoms with van der Waals surface area (Å²) in [5, 5.41) is 3.38. The fourth-order valence-electron chi connectivity index (χ4n) is 3.21. The first-order valence-electron chi connectivity index (χ1n) is 7.67. The van der Waals surface area contributed by atoms with Gasteiger partial charge in [0.2, 0.25) is 0 Å². The number of rotatable bonds is 7. The number of unbranched alkanes of at least 4 members (excludes halogenated alkanes) is 1. The Hall–Kier alpha value is -0.890. The molecule has 1 N–H and O–H groups in total. The molecule has 2 rings (SSSR count). The second-order valence-corrected chi connectivity index (χ2v) is 6.01. The lowest BCUT2D eigenvalue weighted by Crippen LogP contribution is -2.57. The summed E-state index contributed by atoms with van der Waals surface area (Å²) in [7, 11) is 0. The summed E-state index contributed by atoms with van der Waals surface area (Å²) in [6.07, 6.45) is 6.31. The summed E-state index contributed by atoms with van der Waals surface area (Å²) < 4.78 is 13.5. The zero-order valence-electron chi connectivity index (χ0n) is 12.2. The summed E-state index contributed by atoms with van der Waals surface area (Å²) in [5.41, 5.74) is 1.36. The summed E-state index contributed by atoms with van der Waals surface area (Å²) in [5.74, 6) is 0.663. The van der Waals surface area contributed by atoms with Gasteiger partial charge in [0.15, 0.2) is 0 Å². The normalized spacial score (nSPS) is 18.9. The monoisotopic (exact) mass is 263 g/mol. The number of nitrogens with one attached hydrogen (secondary N) is 1. The highest BCUT2D eigenvalue weighted by molar-refractivity contribution is 5.30. The average Bonchev–Trinajstić information content (AvgIpc) is 2.37. The molecule has 1 unspecified atom stereocenters. The molecular formula is C17H26FN. The number of halogens is 1. The predicted octanol–water partition coefficient (Wildman–Crippen LogP) is 4.27. The number of benzene rings is 1. The maximum Gasteiger partial charge on any atom is 0.123 e. The van der Waals surface area contributed by atoms with E-state index in [4.69, 9.17) is 0 Å². The zero-order valence-corrected chi connectivity index (χ0v) is 12.2. The van der Waals surface area contributed by atoms with Gasteiger partial charge in [-0.1, -0.05) is 51.7 Å². The van der Waals surface area contributed by atoms with Crippen molar-refractivity contribution in [2.75, 3.05) is 13.1 Å². The van der Waals surface area contributed by atoms with Crippen molar-refractivity contribution in [1.82, 2.24) is 5.32 Å². The van der Waals surface area contributed by atoms with E-state index in [2.05, 4.69) is 25.2 Å². The second-order valence-electron chi connectivity index (χ2n) is 6.01. The van der Waals surface area contributed by atoms with Crippen molar-refractivity contribution in [2.24, 2.45) is 5.92 Å². The molecule has 1 saturated heterocycles.